The van der Waals surface area contributed by atoms with E-state index in [9.17, 15) is 4.79 Å². The monoisotopic (exact) mass is 177 g/mol. The predicted molar refractivity (Wildman–Crippen MR) is 48.1 cm³/mol. The SMILES string of the molecule is CCl.O=CCCN1CCCC1. The van der Waals surface area contributed by atoms with Crippen LogP contribution in [0, 0.1) is 0 Å². The lowest BCUT2D eigenvalue weighted by Crippen LogP contribution is -2.20. The van der Waals surface area contributed by atoms with Gasteiger partial charge in [-0.3, -0.25) is 0 Å². The molecule has 1 fully saturated rings. The second kappa shape index (κ2) is 8.02. The third kappa shape index (κ3) is 5.22. The molecular weight excluding hydrogens is 162 g/mol. The fraction of sp³-hybridized carbons (Fsp3) is 0.875. The molecule has 0 amide bonds. The molecule has 0 aromatic carbocycles. The van der Waals surface area contributed by atoms with E-state index < -0.39 is 0 Å². The van der Waals surface area contributed by atoms with Gasteiger partial charge in [-0.05, 0) is 25.9 Å². The van der Waals surface area contributed by atoms with Crippen LogP contribution >= 0.6 is 11.6 Å². The average Bonchev–Trinajstić information content (AvgIpc) is 2.57. The van der Waals surface area contributed by atoms with Crippen molar-refractivity contribution in [2.75, 3.05) is 26.0 Å². The number of halogens is 1. The van der Waals surface area contributed by atoms with Crippen molar-refractivity contribution < 1.29 is 4.79 Å². The molecule has 1 heterocycles. The zero-order valence-corrected chi connectivity index (χ0v) is 7.81. The second-order valence-electron chi connectivity index (χ2n) is 2.50. The van der Waals surface area contributed by atoms with Crippen LogP contribution in [0.15, 0.2) is 0 Å². The number of hydrogen-bond acceptors (Lipinski definition) is 2. The van der Waals surface area contributed by atoms with E-state index >= 15 is 0 Å². The smallest absolute Gasteiger partial charge is 0.121 e. The van der Waals surface area contributed by atoms with Gasteiger partial charge in [-0.25, -0.2) is 0 Å². The van der Waals surface area contributed by atoms with Crippen molar-refractivity contribution in [3.63, 3.8) is 0 Å². The van der Waals surface area contributed by atoms with Crippen LogP contribution in [0.25, 0.3) is 0 Å². The van der Waals surface area contributed by atoms with E-state index in [1.165, 1.54) is 32.3 Å². The summed E-state index contributed by atoms with van der Waals surface area (Å²) < 4.78 is 0. The molecule has 66 valence electrons. The highest BCUT2D eigenvalue weighted by Gasteiger charge is 2.09. The minimum absolute atomic E-state index is 0.708. The Balaban J connectivity index is 0.000000461. The number of likely N-dealkylation sites (tertiary alicyclic amines) is 1. The summed E-state index contributed by atoms with van der Waals surface area (Å²) in [7, 11) is 0. The third-order valence-corrected chi connectivity index (χ3v) is 1.76. The van der Waals surface area contributed by atoms with E-state index in [2.05, 4.69) is 16.5 Å². The number of aldehydes is 1. The van der Waals surface area contributed by atoms with Crippen molar-refractivity contribution >= 4 is 17.9 Å². The molecule has 0 saturated carbocycles. The molecule has 0 bridgehead atoms. The van der Waals surface area contributed by atoms with Crippen LogP contribution in [0.1, 0.15) is 19.3 Å². The molecule has 0 unspecified atom stereocenters. The molecule has 1 rings (SSSR count). The Hall–Kier alpha value is -0.0800. The molecule has 0 spiro atoms. The van der Waals surface area contributed by atoms with Crippen LogP contribution in [0.5, 0.6) is 0 Å². The van der Waals surface area contributed by atoms with Crippen LogP contribution < -0.4 is 0 Å². The maximum atomic E-state index is 9.93. The molecule has 3 heteroatoms. The molecule has 1 aliphatic rings. The topological polar surface area (TPSA) is 20.3 Å². The minimum atomic E-state index is 0.708. The molecule has 1 aliphatic heterocycles. The maximum Gasteiger partial charge on any atom is 0.121 e. The van der Waals surface area contributed by atoms with Crippen LogP contribution in [0.4, 0.5) is 0 Å². The quantitative estimate of drug-likeness (QED) is 0.482. The Morgan fingerprint density at radius 3 is 2.36 bits per heavy atom. The van der Waals surface area contributed by atoms with Gasteiger partial charge < -0.3 is 9.69 Å². The first-order valence-corrected chi connectivity index (χ1v) is 4.73. The molecule has 0 atom stereocenters. The first kappa shape index (κ1) is 10.9. The fourth-order valence-electron chi connectivity index (χ4n) is 1.24. The Kier molecular flexibility index (Phi) is 7.96. The molecule has 0 N–H and O–H groups in total. The molecule has 0 aromatic rings. The first-order chi connectivity index (χ1) is 5.43. The van der Waals surface area contributed by atoms with Gasteiger partial charge in [0.1, 0.15) is 6.29 Å². The molecule has 0 radical (unpaired) electrons. The van der Waals surface area contributed by atoms with Gasteiger partial charge in [-0.15, -0.1) is 11.6 Å². The largest absolute Gasteiger partial charge is 0.303 e. The van der Waals surface area contributed by atoms with Gasteiger partial charge in [0.2, 0.25) is 0 Å². The highest BCUT2D eigenvalue weighted by atomic mass is 35.5. The highest BCUT2D eigenvalue weighted by molar-refractivity contribution is 6.15. The van der Waals surface area contributed by atoms with E-state index in [-0.39, 0.29) is 0 Å². The minimum Gasteiger partial charge on any atom is -0.303 e. The molecule has 0 aliphatic carbocycles. The summed E-state index contributed by atoms with van der Waals surface area (Å²) in [4.78, 5) is 12.3. The van der Waals surface area contributed by atoms with E-state index in [0.29, 0.717) is 6.42 Å². The summed E-state index contributed by atoms with van der Waals surface area (Å²) in [6.07, 6.45) is 5.82. The molecule has 2 nitrogen and oxygen atoms in total. The van der Waals surface area contributed by atoms with Gasteiger partial charge in [-0.2, -0.15) is 0 Å². The summed E-state index contributed by atoms with van der Waals surface area (Å²) in [5.41, 5.74) is 0. The van der Waals surface area contributed by atoms with Crippen molar-refractivity contribution in [2.24, 2.45) is 0 Å². The van der Waals surface area contributed by atoms with Crippen LogP contribution in [0.3, 0.4) is 0 Å². The average molecular weight is 178 g/mol. The summed E-state index contributed by atoms with van der Waals surface area (Å²) in [6.45, 7) is 3.38. The van der Waals surface area contributed by atoms with Gasteiger partial charge in [0.15, 0.2) is 0 Å². The van der Waals surface area contributed by atoms with Crippen molar-refractivity contribution in [2.45, 2.75) is 19.3 Å². The molecule has 0 aromatic heterocycles. The van der Waals surface area contributed by atoms with Gasteiger partial charge in [0, 0.05) is 19.3 Å². The van der Waals surface area contributed by atoms with Crippen molar-refractivity contribution in [1.29, 1.82) is 0 Å². The zero-order valence-electron chi connectivity index (χ0n) is 7.05. The number of hydrogen-bond donors (Lipinski definition) is 0. The number of alkyl halides is 1. The summed E-state index contributed by atoms with van der Waals surface area (Å²) >= 11 is 4.64. The van der Waals surface area contributed by atoms with E-state index in [0.717, 1.165) is 12.8 Å². The lowest BCUT2D eigenvalue weighted by atomic mass is 10.4. The number of carbonyl (C=O) groups is 1. The van der Waals surface area contributed by atoms with Gasteiger partial charge in [-0.1, -0.05) is 0 Å². The summed E-state index contributed by atoms with van der Waals surface area (Å²) in [6, 6.07) is 0. The van der Waals surface area contributed by atoms with Crippen molar-refractivity contribution in [3.05, 3.63) is 0 Å². The zero-order chi connectivity index (χ0) is 8.53. The van der Waals surface area contributed by atoms with Crippen molar-refractivity contribution in [1.82, 2.24) is 4.90 Å². The number of nitrogens with zero attached hydrogens (tertiary/aromatic N) is 1. The lowest BCUT2D eigenvalue weighted by Gasteiger charge is -2.10. The summed E-state index contributed by atoms with van der Waals surface area (Å²) in [5.74, 6) is 0. The predicted octanol–water partition coefficient (Wildman–Crippen LogP) is 1.53. The third-order valence-electron chi connectivity index (χ3n) is 1.76. The van der Waals surface area contributed by atoms with E-state index in [4.69, 9.17) is 0 Å². The van der Waals surface area contributed by atoms with Gasteiger partial charge in [0.05, 0.1) is 0 Å². The first-order valence-electron chi connectivity index (χ1n) is 3.97. The normalized spacial score (nSPS) is 17.3. The fourth-order valence-corrected chi connectivity index (χ4v) is 1.24. The second-order valence-corrected chi connectivity index (χ2v) is 2.50. The van der Waals surface area contributed by atoms with Gasteiger partial charge in [0.25, 0.3) is 0 Å². The van der Waals surface area contributed by atoms with E-state index in [1.807, 2.05) is 0 Å². The standard InChI is InChI=1S/C7H13NO.CH3Cl/c9-7-3-6-8-4-1-2-5-8;1-2/h7H,1-6H2;1H3. The molecule has 1 saturated heterocycles. The number of carbonyl (C=O) groups excluding carboxylic acids is 1. The number of rotatable bonds is 3. The Bertz CT molecular complexity index is 92.1. The van der Waals surface area contributed by atoms with Crippen LogP contribution in [0.2, 0.25) is 0 Å². The summed E-state index contributed by atoms with van der Waals surface area (Å²) in [5, 5.41) is 0. The maximum absolute atomic E-state index is 9.93. The van der Waals surface area contributed by atoms with Crippen molar-refractivity contribution in [3.8, 4) is 0 Å². The van der Waals surface area contributed by atoms with Gasteiger partial charge >= 0.3 is 0 Å². The van der Waals surface area contributed by atoms with Crippen LogP contribution in [-0.2, 0) is 4.79 Å². The lowest BCUT2D eigenvalue weighted by molar-refractivity contribution is -0.108. The molecular formula is C8H16ClNO. The highest BCUT2D eigenvalue weighted by Crippen LogP contribution is 2.06. The molecule has 11 heavy (non-hydrogen) atoms. The van der Waals surface area contributed by atoms with E-state index in [1.54, 1.807) is 0 Å². The van der Waals surface area contributed by atoms with Crippen LogP contribution in [-0.4, -0.2) is 37.2 Å². The Morgan fingerprint density at radius 1 is 1.36 bits per heavy atom. The Labute approximate surface area is 73.5 Å². The Morgan fingerprint density at radius 2 is 1.91 bits per heavy atom.